The number of amides is 1. The summed E-state index contributed by atoms with van der Waals surface area (Å²) in [6, 6.07) is 3.41. The predicted octanol–water partition coefficient (Wildman–Crippen LogP) is 1.65. The van der Waals surface area contributed by atoms with E-state index in [9.17, 15) is 19.5 Å². The van der Waals surface area contributed by atoms with Crippen molar-refractivity contribution in [3.63, 3.8) is 0 Å². The molecule has 1 saturated heterocycles. The van der Waals surface area contributed by atoms with E-state index in [0.29, 0.717) is 41.1 Å². The summed E-state index contributed by atoms with van der Waals surface area (Å²) < 4.78 is 1.53. The van der Waals surface area contributed by atoms with Crippen molar-refractivity contribution in [1.82, 2.24) is 24.7 Å². The third-order valence-corrected chi connectivity index (χ3v) is 6.10. The van der Waals surface area contributed by atoms with Crippen LogP contribution in [-0.4, -0.2) is 54.8 Å². The number of aromatic amines is 1. The molecular formula is C20H17N7O4S. The van der Waals surface area contributed by atoms with E-state index >= 15 is 0 Å². The number of carbonyl (C=O) groups is 2. The Morgan fingerprint density at radius 1 is 1.31 bits per heavy atom. The summed E-state index contributed by atoms with van der Waals surface area (Å²) in [5.74, 6) is -0.497. The van der Waals surface area contributed by atoms with Crippen molar-refractivity contribution in [3.05, 3.63) is 57.5 Å². The Morgan fingerprint density at radius 3 is 2.78 bits per heavy atom. The highest BCUT2D eigenvalue weighted by molar-refractivity contribution is 7.12. The molecule has 4 aromatic heterocycles. The Labute approximate surface area is 184 Å². The molecule has 162 valence electrons. The van der Waals surface area contributed by atoms with Crippen LogP contribution in [0.25, 0.3) is 16.2 Å². The molecule has 0 radical (unpaired) electrons. The molecule has 0 saturated carbocycles. The first-order chi connectivity index (χ1) is 15.4. The number of carbonyl (C=O) groups excluding carboxylic acids is 1. The molecule has 1 aliphatic rings. The van der Waals surface area contributed by atoms with Crippen molar-refractivity contribution in [2.45, 2.75) is 6.92 Å². The van der Waals surface area contributed by atoms with Gasteiger partial charge in [0, 0.05) is 36.9 Å². The van der Waals surface area contributed by atoms with Crippen molar-refractivity contribution in [2.24, 2.45) is 5.92 Å². The molecule has 3 N–H and O–H groups in total. The third kappa shape index (κ3) is 3.30. The molecule has 1 amide bonds. The quantitative estimate of drug-likeness (QED) is 0.415. The lowest BCUT2D eigenvalue weighted by Crippen LogP contribution is -2.52. The van der Waals surface area contributed by atoms with Crippen LogP contribution in [0.3, 0.4) is 0 Å². The lowest BCUT2D eigenvalue weighted by Gasteiger charge is -2.39. The summed E-state index contributed by atoms with van der Waals surface area (Å²) >= 11 is 1.31. The van der Waals surface area contributed by atoms with Gasteiger partial charge in [0.25, 0.3) is 0 Å². The smallest absolute Gasteiger partial charge is 0.341 e. The number of aromatic nitrogens is 5. The second kappa shape index (κ2) is 7.57. The van der Waals surface area contributed by atoms with E-state index < -0.39 is 11.4 Å². The minimum Gasteiger partial charge on any atom is -0.477 e. The molecule has 5 rings (SSSR count). The van der Waals surface area contributed by atoms with Gasteiger partial charge in [-0.3, -0.25) is 19.3 Å². The summed E-state index contributed by atoms with van der Waals surface area (Å²) in [5, 5.41) is 21.3. The molecule has 0 spiro atoms. The molecule has 12 heteroatoms. The molecule has 32 heavy (non-hydrogen) atoms. The molecule has 0 bridgehead atoms. The number of aryl methyl sites for hydroxylation is 1. The summed E-state index contributed by atoms with van der Waals surface area (Å²) in [6.45, 7) is 2.67. The minimum atomic E-state index is -1.31. The van der Waals surface area contributed by atoms with Gasteiger partial charge in [-0.25, -0.2) is 14.8 Å². The number of hydrogen-bond donors (Lipinski definition) is 3. The Balaban J connectivity index is 1.50. The van der Waals surface area contributed by atoms with E-state index in [4.69, 9.17) is 0 Å². The fourth-order valence-corrected chi connectivity index (χ4v) is 4.28. The van der Waals surface area contributed by atoms with Crippen molar-refractivity contribution in [1.29, 1.82) is 0 Å². The number of carboxylic acids is 1. The number of thiazole rings is 1. The lowest BCUT2D eigenvalue weighted by molar-refractivity contribution is -0.120. The number of nitrogens with one attached hydrogen (secondary N) is 2. The van der Waals surface area contributed by atoms with Gasteiger partial charge in [0.1, 0.15) is 17.2 Å². The highest BCUT2D eigenvalue weighted by Gasteiger charge is 2.34. The van der Waals surface area contributed by atoms with Gasteiger partial charge in [0.05, 0.1) is 17.5 Å². The van der Waals surface area contributed by atoms with E-state index in [2.05, 4.69) is 25.5 Å². The van der Waals surface area contributed by atoms with E-state index in [1.807, 2.05) is 4.90 Å². The van der Waals surface area contributed by atoms with Crippen LogP contribution < -0.4 is 15.6 Å². The average molecular weight is 451 g/mol. The van der Waals surface area contributed by atoms with Crippen LogP contribution in [0.15, 0.2) is 40.9 Å². The first kappa shape index (κ1) is 19.9. The van der Waals surface area contributed by atoms with Crippen molar-refractivity contribution < 1.29 is 14.7 Å². The van der Waals surface area contributed by atoms with Gasteiger partial charge in [-0.1, -0.05) is 0 Å². The van der Waals surface area contributed by atoms with Gasteiger partial charge in [0.15, 0.2) is 10.8 Å². The Hall–Kier alpha value is -4.06. The zero-order valence-electron chi connectivity index (χ0n) is 16.8. The van der Waals surface area contributed by atoms with E-state index in [-0.39, 0.29) is 22.8 Å². The second-order valence-corrected chi connectivity index (χ2v) is 8.29. The van der Waals surface area contributed by atoms with Crippen molar-refractivity contribution in [3.8, 4) is 5.13 Å². The number of carboxylic acid groups (broad SMARTS) is 1. The summed E-state index contributed by atoms with van der Waals surface area (Å²) in [5.41, 5.74) is 0.00574. The van der Waals surface area contributed by atoms with Crippen LogP contribution >= 0.6 is 11.3 Å². The average Bonchev–Trinajstić information content (AvgIpc) is 3.40. The third-order valence-electron chi connectivity index (χ3n) is 5.33. The largest absolute Gasteiger partial charge is 0.477 e. The molecular weight excluding hydrogens is 434 g/mol. The van der Waals surface area contributed by atoms with Crippen LogP contribution in [0.5, 0.6) is 0 Å². The number of H-pyrrole nitrogens is 1. The Morgan fingerprint density at radius 2 is 2.12 bits per heavy atom. The predicted molar refractivity (Wildman–Crippen MR) is 118 cm³/mol. The van der Waals surface area contributed by atoms with Gasteiger partial charge >= 0.3 is 5.97 Å². The van der Waals surface area contributed by atoms with Gasteiger partial charge in [0.2, 0.25) is 11.3 Å². The topological polar surface area (TPSA) is 146 Å². The van der Waals surface area contributed by atoms with Crippen LogP contribution in [0.2, 0.25) is 0 Å². The first-order valence-electron chi connectivity index (χ1n) is 9.67. The SMILES string of the molecule is Cc1cc(N2CC(C(=O)Nc3ccn[nH]3)C2)nc2c1c(=O)c(C(=O)O)cn2-c1nccs1. The highest BCUT2D eigenvalue weighted by atomic mass is 32.1. The normalized spacial score (nSPS) is 13.8. The standard InChI is InChI=1S/C20H17N7O4S/c1-10-6-14(26-7-11(8-26)18(29)23-13-2-3-22-25-13)24-17-15(10)16(28)12(19(30)31)9-27(17)20-21-4-5-32-20/h2-6,9,11H,7-8H2,1H3,(H,30,31)(H2,22,23,25,29). The van der Waals surface area contributed by atoms with E-state index in [1.54, 1.807) is 36.8 Å². The summed E-state index contributed by atoms with van der Waals surface area (Å²) in [4.78, 5) is 47.7. The van der Waals surface area contributed by atoms with Gasteiger partial charge < -0.3 is 15.3 Å². The fourth-order valence-electron chi connectivity index (χ4n) is 3.66. The van der Waals surface area contributed by atoms with Crippen LogP contribution in [0, 0.1) is 12.8 Å². The van der Waals surface area contributed by atoms with Crippen molar-refractivity contribution >= 4 is 45.9 Å². The summed E-state index contributed by atoms with van der Waals surface area (Å²) in [7, 11) is 0. The molecule has 1 fully saturated rings. The maximum Gasteiger partial charge on any atom is 0.341 e. The number of fused-ring (bicyclic) bond motifs is 1. The van der Waals surface area contributed by atoms with Gasteiger partial charge in [-0.05, 0) is 18.6 Å². The Kier molecular flexibility index (Phi) is 4.70. The minimum absolute atomic E-state index is 0.117. The number of aromatic carboxylic acids is 1. The van der Waals surface area contributed by atoms with Gasteiger partial charge in [-0.2, -0.15) is 5.10 Å². The zero-order valence-corrected chi connectivity index (χ0v) is 17.6. The number of hydrogen-bond acceptors (Lipinski definition) is 8. The Bertz CT molecular complexity index is 1390. The molecule has 4 aromatic rings. The lowest BCUT2D eigenvalue weighted by atomic mass is 9.98. The number of anilines is 2. The maximum atomic E-state index is 12.8. The van der Waals surface area contributed by atoms with Crippen LogP contribution in [0.4, 0.5) is 11.6 Å². The van der Waals surface area contributed by atoms with E-state index in [1.165, 1.54) is 22.1 Å². The summed E-state index contributed by atoms with van der Waals surface area (Å²) in [6.07, 6.45) is 4.42. The molecule has 0 aromatic carbocycles. The van der Waals surface area contributed by atoms with E-state index in [0.717, 1.165) is 0 Å². The number of pyridine rings is 2. The monoisotopic (exact) mass is 451 g/mol. The van der Waals surface area contributed by atoms with Crippen molar-refractivity contribution in [2.75, 3.05) is 23.3 Å². The molecule has 0 unspecified atom stereocenters. The molecule has 11 nitrogen and oxygen atoms in total. The fraction of sp³-hybridized carbons (Fsp3) is 0.200. The second-order valence-electron chi connectivity index (χ2n) is 7.42. The molecule has 5 heterocycles. The highest BCUT2D eigenvalue weighted by Crippen LogP contribution is 2.28. The molecule has 1 aliphatic heterocycles. The van der Waals surface area contributed by atoms with Crippen LogP contribution in [0.1, 0.15) is 15.9 Å². The number of rotatable bonds is 5. The first-order valence-corrected chi connectivity index (χ1v) is 10.6. The van der Waals surface area contributed by atoms with Crippen LogP contribution in [-0.2, 0) is 4.79 Å². The maximum absolute atomic E-state index is 12.8. The van der Waals surface area contributed by atoms with Gasteiger partial charge in [-0.15, -0.1) is 11.3 Å². The molecule has 0 atom stereocenters. The zero-order chi connectivity index (χ0) is 22.4. The molecule has 0 aliphatic carbocycles. The number of nitrogens with zero attached hydrogens (tertiary/aromatic N) is 5.